The highest BCUT2D eigenvalue weighted by molar-refractivity contribution is 7.13. The van der Waals surface area contributed by atoms with Crippen LogP contribution in [0, 0.1) is 24.2 Å². The van der Waals surface area contributed by atoms with Gasteiger partial charge in [-0.05, 0) is 99.3 Å². The maximum absolute atomic E-state index is 14.7. The quantitative estimate of drug-likeness (QED) is 0.0653. The van der Waals surface area contributed by atoms with Gasteiger partial charge < -0.3 is 50.4 Å². The molecule has 4 heterocycles. The van der Waals surface area contributed by atoms with Crippen LogP contribution >= 0.6 is 22.9 Å². The van der Waals surface area contributed by atoms with E-state index in [-0.39, 0.29) is 38.5 Å². The van der Waals surface area contributed by atoms with Crippen LogP contribution in [0.15, 0.2) is 48.1 Å². The number of anilines is 3. The molecule has 0 radical (unpaired) electrons. The number of halogens is 2. The number of methoxy groups -OCH3 is 1. The highest BCUT2D eigenvalue weighted by Gasteiger charge is 2.53. The number of piperidine rings is 1. The zero-order chi connectivity index (χ0) is 49.7. The number of aliphatic hydroxyl groups excluding tert-OH is 1. The average molecular weight is 1000 g/mol. The Labute approximate surface area is 418 Å². The lowest BCUT2D eigenvalue weighted by atomic mass is 9.82. The Balaban J connectivity index is 0.819. The third-order valence-corrected chi connectivity index (χ3v) is 15.3. The molecule has 2 aliphatic carbocycles. The fraction of sp³-hybridized carbons (Fsp3) is 0.569. The van der Waals surface area contributed by atoms with Crippen molar-refractivity contribution in [2.75, 3.05) is 57.6 Å². The molecule has 3 amide bonds. The number of alkyl halides is 1. The van der Waals surface area contributed by atoms with Gasteiger partial charge in [0.05, 0.1) is 47.8 Å². The summed E-state index contributed by atoms with van der Waals surface area (Å²) in [4.78, 5) is 58.7. The number of aliphatic hydroxyl groups is 1. The van der Waals surface area contributed by atoms with E-state index in [0.717, 1.165) is 85.6 Å². The van der Waals surface area contributed by atoms with E-state index in [2.05, 4.69) is 41.1 Å². The van der Waals surface area contributed by atoms with E-state index in [1.807, 2.05) is 48.8 Å². The standard InChI is InChI=1S/C51H67ClFN9O7S/c1-30-43(70-29-57-30)33-11-12-34(24-55-46(64)40-22-35(63)27-62(40)47(65)44(50(2,3)4)59-48(66)51(53)17-18-51)41(21-33)68-28-32-9-7-31(8-10-32)26-61-19-15-36(16-20-61)69-37-13-14-39(42(23-37)67-6)58-49-56-25-38(52)45(54-5)60-49/h11-14,21,23,25,29,31-32,35-36,40,44,63H,7-10,15-20,22,24,26-28H2,1-6H3,(H,55,64)(H,59,66)(H2,54,56,58,60)/t31?,32?,35-,40+,44?/m1/s1. The van der Waals surface area contributed by atoms with Crippen molar-refractivity contribution in [3.8, 4) is 27.7 Å². The molecule has 378 valence electrons. The molecule has 70 heavy (non-hydrogen) atoms. The molecule has 0 spiro atoms. The maximum Gasteiger partial charge on any atom is 0.258 e. The predicted molar refractivity (Wildman–Crippen MR) is 269 cm³/mol. The Morgan fingerprint density at radius 3 is 2.43 bits per heavy atom. The lowest BCUT2D eigenvalue weighted by Gasteiger charge is -2.36. The molecule has 3 atom stereocenters. The third kappa shape index (κ3) is 12.4. The molecule has 5 N–H and O–H groups in total. The SMILES string of the molecule is CNc1nc(Nc2ccc(OC3CCN(CC4CCC(COc5cc(-c6scnc6C)ccc5CNC(=O)[C@@H]5C[C@@H](O)CN5C(=O)C(NC(=O)C5(F)CC5)C(C)(C)C)CC4)CC3)cc2OC)ncc1Cl. The van der Waals surface area contributed by atoms with E-state index in [1.54, 1.807) is 52.5 Å². The molecule has 4 fully saturated rings. The van der Waals surface area contributed by atoms with Gasteiger partial charge in [-0.15, -0.1) is 11.3 Å². The Morgan fingerprint density at radius 1 is 1.01 bits per heavy atom. The third-order valence-electron chi connectivity index (χ3n) is 14.1. The highest BCUT2D eigenvalue weighted by Crippen LogP contribution is 2.41. The summed E-state index contributed by atoms with van der Waals surface area (Å²) in [5, 5.41) is 22.9. The van der Waals surface area contributed by atoms with Gasteiger partial charge in [0.1, 0.15) is 46.3 Å². The summed E-state index contributed by atoms with van der Waals surface area (Å²) >= 11 is 7.71. The van der Waals surface area contributed by atoms with Crippen LogP contribution < -0.4 is 35.5 Å². The lowest BCUT2D eigenvalue weighted by molar-refractivity contribution is -0.145. The van der Waals surface area contributed by atoms with Gasteiger partial charge in [-0.3, -0.25) is 14.4 Å². The molecule has 2 saturated carbocycles. The van der Waals surface area contributed by atoms with E-state index < -0.39 is 47.0 Å². The first-order valence-corrected chi connectivity index (χ1v) is 25.7. The van der Waals surface area contributed by atoms with Crippen molar-refractivity contribution >= 4 is 58.1 Å². The number of hydrogen-bond donors (Lipinski definition) is 5. The normalized spacial score (nSPS) is 21.9. The number of β-amino-alcohol motifs (C(OH)–C–C–N with tert-alkyl or cyclic N) is 1. The first kappa shape index (κ1) is 51.1. The average Bonchev–Trinajstić information content (AvgIpc) is 3.75. The second-order valence-electron chi connectivity index (χ2n) is 20.4. The Bertz CT molecular complexity index is 2490. The van der Waals surface area contributed by atoms with Gasteiger partial charge in [-0.1, -0.05) is 44.5 Å². The smallest absolute Gasteiger partial charge is 0.258 e. The number of aryl methyl sites for hydroxylation is 1. The number of carbonyl (C=O) groups is 3. The van der Waals surface area contributed by atoms with Gasteiger partial charge in [-0.25, -0.2) is 14.4 Å². The molecular weight excluding hydrogens is 937 g/mol. The van der Waals surface area contributed by atoms with Crippen molar-refractivity contribution in [3.63, 3.8) is 0 Å². The number of likely N-dealkylation sites (tertiary alicyclic amines) is 2. The molecule has 2 saturated heterocycles. The molecule has 19 heteroatoms. The van der Waals surface area contributed by atoms with Crippen LogP contribution in [-0.4, -0.2) is 124 Å². The first-order chi connectivity index (χ1) is 33.5. The van der Waals surface area contributed by atoms with Gasteiger partial charge in [0.25, 0.3) is 5.91 Å². The number of aromatic nitrogens is 3. The van der Waals surface area contributed by atoms with Gasteiger partial charge >= 0.3 is 0 Å². The molecule has 16 nitrogen and oxygen atoms in total. The topological polar surface area (TPSA) is 192 Å². The molecule has 2 aliphatic heterocycles. The van der Waals surface area contributed by atoms with Crippen LogP contribution in [0.5, 0.6) is 17.2 Å². The van der Waals surface area contributed by atoms with Crippen LogP contribution in [0.1, 0.15) is 89.8 Å². The van der Waals surface area contributed by atoms with E-state index in [1.165, 1.54) is 4.90 Å². The van der Waals surface area contributed by atoms with Crippen LogP contribution in [0.25, 0.3) is 10.4 Å². The van der Waals surface area contributed by atoms with Crippen molar-refractivity contribution in [1.29, 1.82) is 0 Å². The van der Waals surface area contributed by atoms with E-state index in [0.29, 0.717) is 52.4 Å². The lowest BCUT2D eigenvalue weighted by Crippen LogP contribution is -2.59. The summed E-state index contributed by atoms with van der Waals surface area (Å²) in [5.74, 6) is 2.21. The van der Waals surface area contributed by atoms with Crippen molar-refractivity contribution in [2.45, 2.75) is 122 Å². The fourth-order valence-corrected chi connectivity index (χ4v) is 10.7. The number of nitrogens with zero attached hydrogens (tertiary/aromatic N) is 5. The van der Waals surface area contributed by atoms with Crippen molar-refractivity contribution < 1.29 is 38.1 Å². The molecule has 2 aromatic carbocycles. The summed E-state index contributed by atoms with van der Waals surface area (Å²) in [7, 11) is 3.37. The maximum atomic E-state index is 14.7. The van der Waals surface area contributed by atoms with Gasteiger partial charge in [0.2, 0.25) is 17.8 Å². The molecule has 4 aromatic rings. The van der Waals surface area contributed by atoms with Gasteiger partial charge in [-0.2, -0.15) is 4.98 Å². The van der Waals surface area contributed by atoms with Crippen molar-refractivity contribution in [1.82, 2.24) is 35.4 Å². The number of hydrogen-bond acceptors (Lipinski definition) is 14. The number of carbonyl (C=O) groups excluding carboxylic acids is 3. The number of rotatable bonds is 18. The van der Waals surface area contributed by atoms with Crippen LogP contribution in [-0.2, 0) is 20.9 Å². The second kappa shape index (κ2) is 22.0. The second-order valence-corrected chi connectivity index (χ2v) is 21.6. The van der Waals surface area contributed by atoms with Gasteiger partial charge in [0.15, 0.2) is 5.67 Å². The molecule has 2 aromatic heterocycles. The first-order valence-electron chi connectivity index (χ1n) is 24.5. The molecule has 1 unspecified atom stereocenters. The minimum Gasteiger partial charge on any atom is -0.494 e. The number of nitrogens with one attached hydrogen (secondary N) is 4. The number of ether oxygens (including phenoxy) is 3. The zero-order valence-electron chi connectivity index (χ0n) is 41.0. The Hall–Kier alpha value is -5.30. The molecule has 8 rings (SSSR count). The zero-order valence-corrected chi connectivity index (χ0v) is 42.6. The molecular formula is C51H67ClFN9O7S. The van der Waals surface area contributed by atoms with E-state index >= 15 is 0 Å². The summed E-state index contributed by atoms with van der Waals surface area (Å²) < 4.78 is 33.4. The van der Waals surface area contributed by atoms with Crippen LogP contribution in [0.2, 0.25) is 5.02 Å². The predicted octanol–water partition coefficient (Wildman–Crippen LogP) is 7.70. The fourth-order valence-electron chi connectivity index (χ4n) is 9.70. The summed E-state index contributed by atoms with van der Waals surface area (Å²) in [5.41, 5.74) is 2.50. The highest BCUT2D eigenvalue weighted by atomic mass is 35.5. The molecule has 0 bridgehead atoms. The minimum absolute atomic E-state index is 0.0456. The summed E-state index contributed by atoms with van der Waals surface area (Å²) in [6.07, 6.45) is 7.27. The number of amides is 3. The van der Waals surface area contributed by atoms with Crippen LogP contribution in [0.3, 0.4) is 0 Å². The van der Waals surface area contributed by atoms with Crippen LogP contribution in [0.4, 0.5) is 21.8 Å². The summed E-state index contributed by atoms with van der Waals surface area (Å²) in [6, 6.07) is 9.66. The largest absolute Gasteiger partial charge is 0.494 e. The Kier molecular flexibility index (Phi) is 16.0. The van der Waals surface area contributed by atoms with Gasteiger partial charge in [0, 0.05) is 57.8 Å². The van der Waals surface area contributed by atoms with Crippen molar-refractivity contribution in [2.24, 2.45) is 17.3 Å². The van der Waals surface area contributed by atoms with Crippen molar-refractivity contribution in [3.05, 3.63) is 64.4 Å². The Morgan fingerprint density at radius 2 is 1.76 bits per heavy atom. The number of benzene rings is 2. The minimum atomic E-state index is -1.96. The monoisotopic (exact) mass is 1000 g/mol. The van der Waals surface area contributed by atoms with E-state index in [9.17, 15) is 23.9 Å². The molecule has 4 aliphatic rings. The summed E-state index contributed by atoms with van der Waals surface area (Å²) in [6.45, 7) is 11.0. The number of thiazole rings is 1. The van der Waals surface area contributed by atoms with E-state index in [4.69, 9.17) is 25.8 Å².